The van der Waals surface area contributed by atoms with Gasteiger partial charge in [0.05, 0.1) is 19.8 Å². The van der Waals surface area contributed by atoms with Crippen LogP contribution in [0.2, 0.25) is 0 Å². The van der Waals surface area contributed by atoms with E-state index in [1.807, 2.05) is 0 Å². The van der Waals surface area contributed by atoms with Crippen LogP contribution in [-0.2, 0) is 11.3 Å². The minimum atomic E-state index is 0.0438. The Morgan fingerprint density at radius 3 is 2.78 bits per heavy atom. The van der Waals surface area contributed by atoms with Gasteiger partial charge in [-0.25, -0.2) is 0 Å². The van der Waals surface area contributed by atoms with Crippen LogP contribution in [-0.4, -0.2) is 48.0 Å². The lowest BCUT2D eigenvalue weighted by Crippen LogP contribution is -2.27. The van der Waals surface area contributed by atoms with E-state index < -0.39 is 0 Å². The summed E-state index contributed by atoms with van der Waals surface area (Å²) in [5, 5.41) is 18.3. The van der Waals surface area contributed by atoms with E-state index in [0.717, 1.165) is 18.7 Å². The molecule has 0 amide bonds. The lowest BCUT2D eigenvalue weighted by atomic mass is 10.1. The van der Waals surface area contributed by atoms with Gasteiger partial charge in [0.2, 0.25) is 0 Å². The Morgan fingerprint density at radius 1 is 1.33 bits per heavy atom. The molecule has 1 aromatic carbocycles. The van der Waals surface area contributed by atoms with E-state index in [2.05, 4.69) is 11.8 Å². The van der Waals surface area contributed by atoms with Crippen molar-refractivity contribution >= 4 is 5.69 Å². The zero-order chi connectivity index (χ0) is 13.4. The molecule has 0 unspecified atom stereocenters. The predicted molar refractivity (Wildman–Crippen MR) is 71.4 cm³/mol. The number of nitrogen functional groups attached to an aromatic ring is 1. The molecular weight excluding hydrogens is 232 g/mol. The molecule has 102 valence electrons. The van der Waals surface area contributed by atoms with Crippen molar-refractivity contribution in [2.45, 2.75) is 13.5 Å². The van der Waals surface area contributed by atoms with Crippen molar-refractivity contribution in [3.8, 4) is 5.75 Å². The number of nitrogens with two attached hydrogens (primary N) is 1. The predicted octanol–water partition coefficient (Wildman–Crippen LogP) is 0.805. The third kappa shape index (κ3) is 4.91. The molecule has 0 aliphatic rings. The fraction of sp³-hybridized carbons (Fsp3) is 0.538. The van der Waals surface area contributed by atoms with Crippen molar-refractivity contribution in [1.82, 2.24) is 4.90 Å². The summed E-state index contributed by atoms with van der Waals surface area (Å²) >= 11 is 0. The third-order valence-corrected chi connectivity index (χ3v) is 2.73. The standard InChI is InChI=1S/C13H22N2O3/c1-2-15(5-7-18-8-6-16)10-11-9-12(14)3-4-13(11)17/h3-4,9,16-17H,2,5-8,10,14H2,1H3. The summed E-state index contributed by atoms with van der Waals surface area (Å²) in [7, 11) is 0. The largest absolute Gasteiger partial charge is 0.508 e. The van der Waals surface area contributed by atoms with Crippen molar-refractivity contribution in [2.24, 2.45) is 0 Å². The fourth-order valence-corrected chi connectivity index (χ4v) is 1.68. The molecule has 0 heterocycles. The molecule has 5 heteroatoms. The molecule has 0 saturated heterocycles. The number of phenolic OH excluding ortho intramolecular Hbond substituents is 1. The SMILES string of the molecule is CCN(CCOCCO)Cc1cc(N)ccc1O. The maximum atomic E-state index is 9.74. The van der Waals surface area contributed by atoms with Crippen LogP contribution < -0.4 is 5.73 Å². The second-order valence-electron chi connectivity index (χ2n) is 4.09. The van der Waals surface area contributed by atoms with Gasteiger partial charge >= 0.3 is 0 Å². The van der Waals surface area contributed by atoms with Gasteiger partial charge in [-0.3, -0.25) is 4.90 Å². The quantitative estimate of drug-likeness (QED) is 0.363. The van der Waals surface area contributed by atoms with Crippen LogP contribution in [0.25, 0.3) is 0 Å². The molecule has 0 aliphatic carbocycles. The van der Waals surface area contributed by atoms with Crippen molar-refractivity contribution in [3.63, 3.8) is 0 Å². The molecule has 0 fully saturated rings. The topological polar surface area (TPSA) is 79.0 Å². The monoisotopic (exact) mass is 254 g/mol. The highest BCUT2D eigenvalue weighted by atomic mass is 16.5. The number of aliphatic hydroxyl groups excluding tert-OH is 1. The number of aromatic hydroxyl groups is 1. The number of benzene rings is 1. The number of anilines is 1. The van der Waals surface area contributed by atoms with E-state index in [-0.39, 0.29) is 12.4 Å². The number of hydrogen-bond donors (Lipinski definition) is 3. The van der Waals surface area contributed by atoms with Gasteiger partial charge in [0.1, 0.15) is 5.75 Å². The highest BCUT2D eigenvalue weighted by molar-refractivity contribution is 5.47. The maximum Gasteiger partial charge on any atom is 0.120 e. The maximum absolute atomic E-state index is 9.74. The number of likely N-dealkylation sites (N-methyl/N-ethyl adjacent to an activating group) is 1. The molecule has 18 heavy (non-hydrogen) atoms. The number of phenols is 1. The molecule has 0 aromatic heterocycles. The molecule has 0 radical (unpaired) electrons. The number of hydrogen-bond acceptors (Lipinski definition) is 5. The van der Waals surface area contributed by atoms with Gasteiger partial charge in [0.15, 0.2) is 0 Å². The second kappa shape index (κ2) is 7.92. The summed E-state index contributed by atoms with van der Waals surface area (Å²) in [5.41, 5.74) is 7.17. The Labute approximate surface area is 108 Å². The summed E-state index contributed by atoms with van der Waals surface area (Å²) in [6, 6.07) is 5.08. The number of aliphatic hydroxyl groups is 1. The zero-order valence-corrected chi connectivity index (χ0v) is 10.8. The Hall–Kier alpha value is -1.30. The first-order valence-corrected chi connectivity index (χ1v) is 6.15. The first kappa shape index (κ1) is 14.8. The highest BCUT2D eigenvalue weighted by Crippen LogP contribution is 2.21. The summed E-state index contributed by atoms with van der Waals surface area (Å²) in [6.07, 6.45) is 0. The van der Waals surface area contributed by atoms with Gasteiger partial charge in [-0.1, -0.05) is 6.92 Å². The molecule has 0 spiro atoms. The van der Waals surface area contributed by atoms with Crippen LogP contribution in [0.1, 0.15) is 12.5 Å². The fourth-order valence-electron chi connectivity index (χ4n) is 1.68. The molecule has 4 N–H and O–H groups in total. The normalized spacial score (nSPS) is 11.1. The Kier molecular flexibility index (Phi) is 6.49. The first-order valence-electron chi connectivity index (χ1n) is 6.15. The number of rotatable bonds is 8. The molecule has 0 saturated carbocycles. The van der Waals surface area contributed by atoms with Gasteiger partial charge in [0.25, 0.3) is 0 Å². The van der Waals surface area contributed by atoms with Crippen molar-refractivity contribution in [2.75, 3.05) is 38.6 Å². The van der Waals surface area contributed by atoms with Crippen molar-refractivity contribution < 1.29 is 14.9 Å². The molecule has 0 atom stereocenters. The molecule has 0 aliphatic heterocycles. The van der Waals surface area contributed by atoms with E-state index in [9.17, 15) is 5.11 Å². The van der Waals surface area contributed by atoms with Crippen molar-refractivity contribution in [1.29, 1.82) is 0 Å². The summed E-state index contributed by atoms with van der Waals surface area (Å²) < 4.78 is 5.23. The second-order valence-corrected chi connectivity index (χ2v) is 4.09. The van der Waals surface area contributed by atoms with E-state index in [0.29, 0.717) is 25.4 Å². The average molecular weight is 254 g/mol. The Bertz CT molecular complexity index is 358. The summed E-state index contributed by atoms with van der Waals surface area (Å²) in [5.74, 6) is 0.263. The van der Waals surface area contributed by atoms with Crippen LogP contribution in [0.5, 0.6) is 5.75 Å². The van der Waals surface area contributed by atoms with E-state index in [1.54, 1.807) is 18.2 Å². The summed E-state index contributed by atoms with van der Waals surface area (Å²) in [6.45, 7) is 5.27. The van der Waals surface area contributed by atoms with E-state index in [4.69, 9.17) is 15.6 Å². The molecular formula is C13H22N2O3. The van der Waals surface area contributed by atoms with Crippen LogP contribution >= 0.6 is 0 Å². The molecule has 1 rings (SSSR count). The molecule has 0 bridgehead atoms. The molecule has 5 nitrogen and oxygen atoms in total. The van der Waals surface area contributed by atoms with Gasteiger partial charge in [-0.2, -0.15) is 0 Å². The highest BCUT2D eigenvalue weighted by Gasteiger charge is 2.07. The van der Waals surface area contributed by atoms with Crippen LogP contribution in [0.15, 0.2) is 18.2 Å². The van der Waals surface area contributed by atoms with Crippen molar-refractivity contribution in [3.05, 3.63) is 23.8 Å². The van der Waals surface area contributed by atoms with Crippen LogP contribution in [0.4, 0.5) is 5.69 Å². The third-order valence-electron chi connectivity index (χ3n) is 2.73. The smallest absolute Gasteiger partial charge is 0.120 e. The van der Waals surface area contributed by atoms with Crippen LogP contribution in [0, 0.1) is 0 Å². The number of nitrogens with zero attached hydrogens (tertiary/aromatic N) is 1. The lowest BCUT2D eigenvalue weighted by Gasteiger charge is -2.21. The van der Waals surface area contributed by atoms with Gasteiger partial charge in [0, 0.05) is 24.3 Å². The summed E-state index contributed by atoms with van der Waals surface area (Å²) in [4.78, 5) is 2.14. The lowest BCUT2D eigenvalue weighted by molar-refractivity contribution is 0.0730. The molecule has 1 aromatic rings. The zero-order valence-electron chi connectivity index (χ0n) is 10.8. The Balaban J connectivity index is 2.48. The van der Waals surface area contributed by atoms with E-state index in [1.165, 1.54) is 0 Å². The van der Waals surface area contributed by atoms with Gasteiger partial charge in [-0.15, -0.1) is 0 Å². The average Bonchev–Trinajstić information content (AvgIpc) is 2.37. The minimum absolute atomic E-state index is 0.0438. The van der Waals surface area contributed by atoms with E-state index >= 15 is 0 Å². The van der Waals surface area contributed by atoms with Gasteiger partial charge < -0.3 is 20.7 Å². The number of ether oxygens (including phenoxy) is 1. The van der Waals surface area contributed by atoms with Gasteiger partial charge in [-0.05, 0) is 24.7 Å². The first-order chi connectivity index (χ1) is 8.67. The minimum Gasteiger partial charge on any atom is -0.508 e. The van der Waals surface area contributed by atoms with Crippen LogP contribution in [0.3, 0.4) is 0 Å². The Morgan fingerprint density at radius 2 is 2.11 bits per heavy atom.